The highest BCUT2D eigenvalue weighted by Gasteiger charge is 2.32. The smallest absolute Gasteiger partial charge is 0.338 e. The zero-order chi connectivity index (χ0) is 26.1. The van der Waals surface area contributed by atoms with Gasteiger partial charge in [-0.05, 0) is 36.8 Å². The molecule has 1 aliphatic heterocycles. The van der Waals surface area contributed by atoms with Crippen molar-refractivity contribution in [3.05, 3.63) is 120 Å². The Morgan fingerprint density at radius 2 is 2.00 bits per heavy atom. The summed E-state index contributed by atoms with van der Waals surface area (Å²) in [5.41, 5.74) is 1.27. The molecule has 37 heavy (non-hydrogen) atoms. The lowest BCUT2D eigenvalue weighted by molar-refractivity contribution is -0.136. The van der Waals surface area contributed by atoms with Crippen LogP contribution < -0.4 is 19.6 Å². The third-order valence-electron chi connectivity index (χ3n) is 5.77. The van der Waals surface area contributed by atoms with Crippen molar-refractivity contribution in [3.63, 3.8) is 0 Å². The SMILES string of the molecule is COC(=O)C1=C(C)N=c2s/c(=C/c3ccc(COc4ccc(F)c(Cl)c4)o3)c(=O)n2[C@H]1c1ccccc1. The minimum Gasteiger partial charge on any atom is -0.486 e. The van der Waals surface area contributed by atoms with Gasteiger partial charge in [-0.25, -0.2) is 14.2 Å². The third kappa shape index (κ3) is 4.87. The molecule has 1 aliphatic rings. The molecule has 2 aromatic carbocycles. The molecule has 0 bridgehead atoms. The van der Waals surface area contributed by atoms with Crippen molar-refractivity contribution >= 4 is 35.0 Å². The third-order valence-corrected chi connectivity index (χ3v) is 7.04. The predicted octanol–water partition coefficient (Wildman–Crippen LogP) is 4.37. The van der Waals surface area contributed by atoms with E-state index >= 15 is 0 Å². The van der Waals surface area contributed by atoms with Crippen LogP contribution in [0.3, 0.4) is 0 Å². The number of benzene rings is 2. The number of ether oxygens (including phenoxy) is 2. The van der Waals surface area contributed by atoms with Crippen molar-refractivity contribution in [1.29, 1.82) is 0 Å². The summed E-state index contributed by atoms with van der Waals surface area (Å²) in [6.07, 6.45) is 1.63. The first-order valence-electron chi connectivity index (χ1n) is 11.2. The molecule has 0 saturated heterocycles. The number of methoxy groups -OCH3 is 1. The first-order chi connectivity index (χ1) is 17.9. The van der Waals surface area contributed by atoms with E-state index in [4.69, 9.17) is 25.5 Å². The minimum atomic E-state index is -0.671. The molecule has 0 amide bonds. The van der Waals surface area contributed by atoms with E-state index in [0.29, 0.717) is 37.9 Å². The number of halogens is 2. The standard InChI is InChI=1S/C27H20ClFN2O5S/c1-15-23(26(33)34-2)24(16-6-4-3-5-7-16)31-25(32)22(37-27(31)30-15)13-18-8-9-19(36-18)14-35-17-10-11-21(29)20(28)12-17/h3-13,24H,14H2,1-2H3/b22-13+/t24-/m0/s1. The number of esters is 1. The van der Waals surface area contributed by atoms with E-state index in [2.05, 4.69) is 4.99 Å². The highest BCUT2D eigenvalue weighted by atomic mass is 35.5. The number of rotatable bonds is 6. The van der Waals surface area contributed by atoms with Gasteiger partial charge in [0.2, 0.25) is 0 Å². The molecule has 3 heterocycles. The van der Waals surface area contributed by atoms with Gasteiger partial charge in [0.1, 0.15) is 29.7 Å². The second kappa shape index (κ2) is 10.2. The summed E-state index contributed by atoms with van der Waals surface area (Å²) in [6.45, 7) is 1.82. The Morgan fingerprint density at radius 3 is 2.73 bits per heavy atom. The number of aromatic nitrogens is 1. The van der Waals surface area contributed by atoms with Crippen LogP contribution in [-0.4, -0.2) is 17.6 Å². The zero-order valence-corrected chi connectivity index (χ0v) is 21.3. The van der Waals surface area contributed by atoms with E-state index in [1.807, 2.05) is 30.3 Å². The minimum absolute atomic E-state index is 0.0348. The highest BCUT2D eigenvalue weighted by Crippen LogP contribution is 2.30. The molecule has 10 heteroatoms. The topological polar surface area (TPSA) is 83.0 Å². The molecular weight excluding hydrogens is 519 g/mol. The quantitative estimate of drug-likeness (QED) is 0.340. The summed E-state index contributed by atoms with van der Waals surface area (Å²) in [7, 11) is 1.30. The molecule has 1 atom stereocenters. The number of allylic oxidation sites excluding steroid dienone is 1. The van der Waals surface area contributed by atoms with Gasteiger partial charge in [-0.15, -0.1) is 0 Å². The lowest BCUT2D eigenvalue weighted by Crippen LogP contribution is -2.39. The van der Waals surface area contributed by atoms with Gasteiger partial charge in [0.05, 0.1) is 34.0 Å². The molecule has 0 radical (unpaired) electrons. The second-order valence-corrected chi connectivity index (χ2v) is 9.57. The molecule has 0 saturated carbocycles. The van der Waals surface area contributed by atoms with Crippen LogP contribution in [0.15, 0.2) is 86.1 Å². The second-order valence-electron chi connectivity index (χ2n) is 8.15. The predicted molar refractivity (Wildman–Crippen MR) is 137 cm³/mol. The van der Waals surface area contributed by atoms with Gasteiger partial charge < -0.3 is 13.9 Å². The van der Waals surface area contributed by atoms with Crippen LogP contribution >= 0.6 is 22.9 Å². The summed E-state index contributed by atoms with van der Waals surface area (Å²) in [4.78, 5) is 31.2. The average Bonchev–Trinajstić information content (AvgIpc) is 3.47. The van der Waals surface area contributed by atoms with E-state index in [0.717, 1.165) is 5.56 Å². The van der Waals surface area contributed by atoms with Gasteiger partial charge in [0.25, 0.3) is 5.56 Å². The molecule has 4 aromatic rings. The lowest BCUT2D eigenvalue weighted by Gasteiger charge is -2.24. The number of hydrogen-bond acceptors (Lipinski definition) is 7. The molecule has 5 rings (SSSR count). The van der Waals surface area contributed by atoms with Crippen molar-refractivity contribution in [1.82, 2.24) is 4.57 Å². The van der Waals surface area contributed by atoms with Crippen molar-refractivity contribution in [2.75, 3.05) is 7.11 Å². The molecule has 0 unspecified atom stereocenters. The van der Waals surface area contributed by atoms with Crippen LogP contribution in [0.2, 0.25) is 5.02 Å². The Labute approximate surface area is 219 Å². The van der Waals surface area contributed by atoms with Gasteiger partial charge in [0.15, 0.2) is 4.80 Å². The van der Waals surface area contributed by atoms with Crippen LogP contribution in [0.5, 0.6) is 5.75 Å². The zero-order valence-electron chi connectivity index (χ0n) is 19.7. The molecule has 0 spiro atoms. The largest absolute Gasteiger partial charge is 0.486 e. The molecule has 0 N–H and O–H groups in total. The lowest BCUT2D eigenvalue weighted by atomic mass is 9.96. The van der Waals surface area contributed by atoms with Crippen molar-refractivity contribution in [2.45, 2.75) is 19.6 Å². The first kappa shape index (κ1) is 24.7. The Morgan fingerprint density at radius 1 is 1.22 bits per heavy atom. The van der Waals surface area contributed by atoms with Gasteiger partial charge in [-0.3, -0.25) is 9.36 Å². The summed E-state index contributed by atoms with van der Waals surface area (Å²) in [5, 5.41) is -0.0348. The number of furan rings is 1. The fourth-order valence-corrected chi connectivity index (χ4v) is 5.24. The first-order valence-corrected chi connectivity index (χ1v) is 12.4. The maximum absolute atomic E-state index is 13.5. The van der Waals surface area contributed by atoms with Crippen LogP contribution in [-0.2, 0) is 16.1 Å². The maximum atomic E-state index is 13.5. The fraction of sp³-hybridized carbons (Fsp3) is 0.148. The number of fused-ring (bicyclic) bond motifs is 1. The van der Waals surface area contributed by atoms with E-state index in [-0.39, 0.29) is 17.2 Å². The molecule has 7 nitrogen and oxygen atoms in total. The number of carbonyl (C=O) groups is 1. The number of carbonyl (C=O) groups excluding carboxylic acids is 1. The van der Waals surface area contributed by atoms with E-state index in [9.17, 15) is 14.0 Å². The van der Waals surface area contributed by atoms with Gasteiger partial charge in [-0.2, -0.15) is 0 Å². The van der Waals surface area contributed by atoms with Crippen LogP contribution in [0, 0.1) is 5.82 Å². The van der Waals surface area contributed by atoms with Crippen molar-refractivity contribution < 1.29 is 23.1 Å². The number of thiazole rings is 1. The molecule has 188 valence electrons. The Balaban J connectivity index is 1.49. The highest BCUT2D eigenvalue weighted by molar-refractivity contribution is 7.07. The molecule has 0 fully saturated rings. The fourth-order valence-electron chi connectivity index (χ4n) is 4.04. The number of nitrogens with zero attached hydrogens (tertiary/aromatic N) is 2. The summed E-state index contributed by atoms with van der Waals surface area (Å²) in [6, 6.07) is 16.1. The Hall–Kier alpha value is -3.95. The monoisotopic (exact) mass is 538 g/mol. The molecule has 2 aromatic heterocycles. The van der Waals surface area contributed by atoms with Crippen LogP contribution in [0.25, 0.3) is 6.08 Å². The van der Waals surface area contributed by atoms with Gasteiger partial charge >= 0.3 is 5.97 Å². The van der Waals surface area contributed by atoms with Crippen molar-refractivity contribution in [2.24, 2.45) is 4.99 Å². The Kier molecular flexibility index (Phi) is 6.82. The van der Waals surface area contributed by atoms with E-state index < -0.39 is 17.8 Å². The summed E-state index contributed by atoms with van der Waals surface area (Å²) < 4.78 is 31.7. The van der Waals surface area contributed by atoms with Gasteiger partial charge in [-0.1, -0.05) is 53.3 Å². The maximum Gasteiger partial charge on any atom is 0.338 e. The van der Waals surface area contributed by atoms with Crippen LogP contribution in [0.1, 0.15) is 30.0 Å². The average molecular weight is 539 g/mol. The van der Waals surface area contributed by atoms with Gasteiger partial charge in [0, 0.05) is 12.1 Å². The number of hydrogen-bond donors (Lipinski definition) is 0. The summed E-state index contributed by atoms with van der Waals surface area (Å²) in [5.74, 6) is 0.281. The Bertz CT molecular complexity index is 1700. The van der Waals surface area contributed by atoms with Crippen LogP contribution in [0.4, 0.5) is 4.39 Å². The van der Waals surface area contributed by atoms with E-state index in [1.165, 1.54) is 41.2 Å². The normalized spacial score (nSPS) is 15.4. The molecule has 0 aliphatic carbocycles. The summed E-state index contributed by atoms with van der Waals surface area (Å²) >= 11 is 6.99. The van der Waals surface area contributed by atoms with E-state index in [1.54, 1.807) is 25.1 Å². The van der Waals surface area contributed by atoms with Crippen molar-refractivity contribution in [3.8, 4) is 5.75 Å². The molecular formula is C27H20ClFN2O5S.